The van der Waals surface area contributed by atoms with Crippen LogP contribution in [0, 0.1) is 0 Å². The molecule has 0 bridgehead atoms. The molecule has 1 amide bonds. The number of carbonyl (C=O) groups is 1. The normalized spacial score (nSPS) is 16.4. The highest BCUT2D eigenvalue weighted by molar-refractivity contribution is 6.35. The Balaban J connectivity index is 0.00000288. The van der Waals surface area contributed by atoms with E-state index in [1.807, 2.05) is 0 Å². The van der Waals surface area contributed by atoms with Crippen molar-refractivity contribution < 1.29 is 18.3 Å². The molecule has 0 heterocycles. The second-order valence-electron chi connectivity index (χ2n) is 5.65. The van der Waals surface area contributed by atoms with Gasteiger partial charge in [0.2, 0.25) is 5.91 Å². The van der Waals surface area contributed by atoms with Crippen molar-refractivity contribution in [2.45, 2.75) is 50.8 Å². The van der Waals surface area contributed by atoms with Crippen LogP contribution in [0.2, 0.25) is 10.0 Å². The average molecular weight is 404 g/mol. The van der Waals surface area contributed by atoms with Crippen molar-refractivity contribution in [2.75, 3.05) is 0 Å². The Labute approximate surface area is 155 Å². The number of rotatable bonds is 5. The van der Waals surface area contributed by atoms with E-state index in [0.29, 0.717) is 12.8 Å². The van der Waals surface area contributed by atoms with E-state index in [9.17, 15) is 13.6 Å². The highest BCUT2D eigenvalue weighted by Gasteiger charge is 2.35. The van der Waals surface area contributed by atoms with Crippen LogP contribution in [0.4, 0.5) is 8.78 Å². The molecule has 0 spiro atoms. The lowest BCUT2D eigenvalue weighted by Crippen LogP contribution is -2.54. The molecule has 1 aromatic rings. The van der Waals surface area contributed by atoms with Crippen molar-refractivity contribution in [3.05, 3.63) is 27.7 Å². The van der Waals surface area contributed by atoms with Gasteiger partial charge in [-0.1, -0.05) is 42.5 Å². The Hall–Kier alpha value is -0.820. The number of nitrogens with one attached hydrogen (secondary N) is 1. The molecule has 0 saturated heterocycles. The Bertz CT molecular complexity index is 582. The van der Waals surface area contributed by atoms with Gasteiger partial charge in [0.15, 0.2) is 0 Å². The van der Waals surface area contributed by atoms with E-state index in [2.05, 4.69) is 10.1 Å². The van der Waals surface area contributed by atoms with Gasteiger partial charge in [0.25, 0.3) is 0 Å². The molecule has 9 heteroatoms. The average Bonchev–Trinajstić information content (AvgIpc) is 2.48. The number of halogens is 5. The fraction of sp³-hybridized carbons (Fsp3) is 0.533. The second-order valence-corrected chi connectivity index (χ2v) is 6.50. The van der Waals surface area contributed by atoms with Crippen molar-refractivity contribution in [2.24, 2.45) is 5.73 Å². The predicted octanol–water partition coefficient (Wildman–Crippen LogP) is 4.29. The van der Waals surface area contributed by atoms with Crippen LogP contribution in [-0.2, 0) is 11.3 Å². The summed E-state index contributed by atoms with van der Waals surface area (Å²) in [5.41, 5.74) is 5.49. The minimum Gasteiger partial charge on any atom is -0.433 e. The zero-order valence-electron chi connectivity index (χ0n) is 12.8. The molecule has 1 aliphatic rings. The summed E-state index contributed by atoms with van der Waals surface area (Å²) >= 11 is 11.8. The SMILES string of the molecule is Cl.NC1(C(=O)NCc2cc(Cl)cc(Cl)c2OC(F)F)CCCCC1. The molecule has 24 heavy (non-hydrogen) atoms. The first-order valence-corrected chi connectivity index (χ1v) is 8.07. The third-order valence-electron chi connectivity index (χ3n) is 3.93. The zero-order valence-corrected chi connectivity index (χ0v) is 15.1. The quantitative estimate of drug-likeness (QED) is 0.770. The van der Waals surface area contributed by atoms with Crippen molar-refractivity contribution in [1.29, 1.82) is 0 Å². The molecule has 1 aliphatic carbocycles. The number of hydrogen-bond donors (Lipinski definition) is 2. The van der Waals surface area contributed by atoms with Gasteiger partial charge in [-0.05, 0) is 25.0 Å². The van der Waals surface area contributed by atoms with Crippen molar-refractivity contribution in [1.82, 2.24) is 5.32 Å². The lowest BCUT2D eigenvalue weighted by Gasteiger charge is -2.31. The predicted molar refractivity (Wildman–Crippen MR) is 92.2 cm³/mol. The van der Waals surface area contributed by atoms with Crippen LogP contribution in [0.25, 0.3) is 0 Å². The molecule has 136 valence electrons. The maximum Gasteiger partial charge on any atom is 0.387 e. The fourth-order valence-corrected chi connectivity index (χ4v) is 3.31. The number of hydrogen-bond acceptors (Lipinski definition) is 3. The van der Waals surface area contributed by atoms with Crippen LogP contribution < -0.4 is 15.8 Å². The van der Waals surface area contributed by atoms with Crippen molar-refractivity contribution in [3.63, 3.8) is 0 Å². The maximum absolute atomic E-state index is 12.5. The van der Waals surface area contributed by atoms with Gasteiger partial charge in [0.05, 0.1) is 10.6 Å². The van der Waals surface area contributed by atoms with E-state index < -0.39 is 12.2 Å². The van der Waals surface area contributed by atoms with Gasteiger partial charge in [-0.2, -0.15) is 8.78 Å². The number of benzene rings is 1. The largest absolute Gasteiger partial charge is 0.433 e. The van der Waals surface area contributed by atoms with Gasteiger partial charge in [-0.15, -0.1) is 12.4 Å². The van der Waals surface area contributed by atoms with Gasteiger partial charge in [0, 0.05) is 17.1 Å². The third kappa shape index (κ3) is 5.34. The summed E-state index contributed by atoms with van der Waals surface area (Å²) in [6.45, 7) is -3.07. The van der Waals surface area contributed by atoms with Gasteiger partial charge in [-0.3, -0.25) is 4.79 Å². The number of ether oxygens (including phenoxy) is 1. The molecule has 0 unspecified atom stereocenters. The Morgan fingerprint density at radius 1 is 1.29 bits per heavy atom. The monoisotopic (exact) mass is 402 g/mol. The highest BCUT2D eigenvalue weighted by atomic mass is 35.5. The van der Waals surface area contributed by atoms with Crippen LogP contribution in [0.1, 0.15) is 37.7 Å². The molecule has 4 nitrogen and oxygen atoms in total. The first-order chi connectivity index (χ1) is 10.8. The Kier molecular flexibility index (Phi) is 7.99. The number of carbonyl (C=O) groups excluding carboxylic acids is 1. The molecule has 0 aromatic heterocycles. The number of alkyl halides is 2. The van der Waals surface area contributed by atoms with Crippen LogP contribution in [-0.4, -0.2) is 18.1 Å². The maximum atomic E-state index is 12.5. The number of amides is 1. The van der Waals surface area contributed by atoms with E-state index in [-0.39, 0.29) is 46.2 Å². The van der Waals surface area contributed by atoms with Gasteiger partial charge in [-0.25, -0.2) is 0 Å². The van der Waals surface area contributed by atoms with Crippen LogP contribution in [0.15, 0.2) is 12.1 Å². The summed E-state index contributed by atoms with van der Waals surface area (Å²) in [7, 11) is 0. The lowest BCUT2D eigenvalue weighted by atomic mass is 9.82. The molecule has 1 fully saturated rings. The van der Waals surface area contributed by atoms with Gasteiger partial charge in [0.1, 0.15) is 5.75 Å². The van der Waals surface area contributed by atoms with Crippen molar-refractivity contribution in [3.8, 4) is 5.75 Å². The molecule has 1 saturated carbocycles. The molecule has 0 atom stereocenters. The second kappa shape index (κ2) is 9.04. The summed E-state index contributed by atoms with van der Waals surface area (Å²) in [6.07, 6.45) is 4.06. The first kappa shape index (κ1) is 21.2. The van der Waals surface area contributed by atoms with Crippen LogP contribution in [0.5, 0.6) is 5.75 Å². The Morgan fingerprint density at radius 3 is 2.50 bits per heavy atom. The zero-order chi connectivity index (χ0) is 17.0. The standard InChI is InChI=1S/C15H18Cl2F2N2O2.ClH/c16-10-6-9(12(11(17)7-10)23-14(18)19)8-21-13(22)15(20)4-2-1-3-5-15;/h6-7,14H,1-5,8,20H2,(H,21,22);1H. The smallest absolute Gasteiger partial charge is 0.387 e. The summed E-state index contributed by atoms with van der Waals surface area (Å²) in [6, 6.07) is 2.73. The molecule has 3 N–H and O–H groups in total. The third-order valence-corrected chi connectivity index (χ3v) is 4.43. The summed E-state index contributed by atoms with van der Waals surface area (Å²) in [5, 5.41) is 2.90. The topological polar surface area (TPSA) is 64.4 Å². The van der Waals surface area contributed by atoms with Crippen molar-refractivity contribution >= 4 is 41.5 Å². The van der Waals surface area contributed by atoms with E-state index in [1.165, 1.54) is 12.1 Å². The molecular formula is C15H19Cl3F2N2O2. The summed E-state index contributed by atoms with van der Waals surface area (Å²) in [5.74, 6) is -0.502. The van der Waals surface area contributed by atoms with E-state index >= 15 is 0 Å². The molecular weight excluding hydrogens is 385 g/mol. The minimum absolute atomic E-state index is 0. The van der Waals surface area contributed by atoms with Gasteiger partial charge < -0.3 is 15.8 Å². The summed E-state index contributed by atoms with van der Waals surface area (Å²) < 4.78 is 29.4. The van der Waals surface area contributed by atoms with Crippen LogP contribution in [0.3, 0.4) is 0 Å². The minimum atomic E-state index is -3.03. The molecule has 0 radical (unpaired) electrons. The highest BCUT2D eigenvalue weighted by Crippen LogP contribution is 2.34. The molecule has 1 aromatic carbocycles. The first-order valence-electron chi connectivity index (χ1n) is 7.32. The number of nitrogens with two attached hydrogens (primary N) is 1. The van der Waals surface area contributed by atoms with Crippen LogP contribution >= 0.6 is 35.6 Å². The van der Waals surface area contributed by atoms with E-state index in [4.69, 9.17) is 28.9 Å². The fourth-order valence-electron chi connectivity index (χ4n) is 2.73. The Morgan fingerprint density at radius 2 is 1.92 bits per heavy atom. The molecule has 0 aliphatic heterocycles. The molecule has 2 rings (SSSR count). The lowest BCUT2D eigenvalue weighted by molar-refractivity contribution is -0.127. The van der Waals surface area contributed by atoms with E-state index in [0.717, 1.165) is 19.3 Å². The summed E-state index contributed by atoms with van der Waals surface area (Å²) in [4.78, 5) is 12.3. The van der Waals surface area contributed by atoms with Gasteiger partial charge >= 0.3 is 6.61 Å². The van der Waals surface area contributed by atoms with E-state index in [1.54, 1.807) is 0 Å².